The molecule has 1 aliphatic rings. The van der Waals surface area contributed by atoms with Gasteiger partial charge in [0.2, 0.25) is 11.8 Å². The Morgan fingerprint density at radius 1 is 1.09 bits per heavy atom. The molecule has 3 rings (SSSR count). The summed E-state index contributed by atoms with van der Waals surface area (Å²) >= 11 is 0. The lowest BCUT2D eigenvalue weighted by molar-refractivity contribution is -0.121. The van der Waals surface area contributed by atoms with Crippen molar-refractivity contribution in [3.8, 4) is 0 Å². The van der Waals surface area contributed by atoms with E-state index >= 15 is 0 Å². The van der Waals surface area contributed by atoms with Gasteiger partial charge in [0.15, 0.2) is 0 Å². The molecular formula is C17H15N3O3. The number of carbonyl (C=O) groups is 3. The monoisotopic (exact) mass is 309 g/mol. The van der Waals surface area contributed by atoms with E-state index in [0.717, 1.165) is 10.6 Å². The number of imide groups is 1. The van der Waals surface area contributed by atoms with Gasteiger partial charge in [0, 0.05) is 24.1 Å². The van der Waals surface area contributed by atoms with Crippen LogP contribution in [0.15, 0.2) is 42.5 Å². The maximum Gasteiger partial charge on any atom is 0.256 e. The van der Waals surface area contributed by atoms with Crippen LogP contribution in [0.3, 0.4) is 0 Å². The Balaban J connectivity index is 1.83. The van der Waals surface area contributed by atoms with Crippen molar-refractivity contribution in [1.82, 2.24) is 4.98 Å². The summed E-state index contributed by atoms with van der Waals surface area (Å²) in [4.78, 5) is 41.2. The van der Waals surface area contributed by atoms with E-state index in [9.17, 15) is 14.4 Å². The molecule has 0 spiro atoms. The van der Waals surface area contributed by atoms with Crippen molar-refractivity contribution in [2.24, 2.45) is 0 Å². The molecule has 1 aliphatic heterocycles. The zero-order valence-corrected chi connectivity index (χ0v) is 12.6. The van der Waals surface area contributed by atoms with Gasteiger partial charge in [-0.2, -0.15) is 0 Å². The number of rotatable bonds is 3. The highest BCUT2D eigenvalue weighted by atomic mass is 16.2. The molecule has 1 aromatic heterocycles. The summed E-state index contributed by atoms with van der Waals surface area (Å²) in [6, 6.07) is 11.8. The number of carbonyl (C=O) groups excluding carboxylic acids is 3. The van der Waals surface area contributed by atoms with Gasteiger partial charge >= 0.3 is 0 Å². The van der Waals surface area contributed by atoms with Crippen LogP contribution in [0.1, 0.15) is 28.9 Å². The number of nitrogens with zero attached hydrogens (tertiary/aromatic N) is 2. The fourth-order valence-electron chi connectivity index (χ4n) is 2.45. The number of aromatic nitrogens is 1. The molecule has 23 heavy (non-hydrogen) atoms. The topological polar surface area (TPSA) is 79.4 Å². The summed E-state index contributed by atoms with van der Waals surface area (Å²) in [7, 11) is 0. The quantitative estimate of drug-likeness (QED) is 0.882. The average molecular weight is 309 g/mol. The molecule has 2 aromatic rings. The van der Waals surface area contributed by atoms with Crippen molar-refractivity contribution >= 4 is 29.2 Å². The Kier molecular flexibility index (Phi) is 3.89. The van der Waals surface area contributed by atoms with E-state index in [0.29, 0.717) is 17.1 Å². The Bertz CT molecular complexity index is 785. The van der Waals surface area contributed by atoms with E-state index < -0.39 is 0 Å². The molecule has 0 bridgehead atoms. The number of hydrogen-bond acceptors (Lipinski definition) is 4. The lowest BCUT2D eigenvalue weighted by Crippen LogP contribution is -2.28. The Morgan fingerprint density at radius 3 is 2.48 bits per heavy atom. The number of aryl methyl sites for hydroxylation is 1. The van der Waals surface area contributed by atoms with Crippen molar-refractivity contribution in [2.75, 3.05) is 10.2 Å². The standard InChI is InChI=1S/C17H15N3O3/c1-11-4-2-7-14(18-11)19-17(23)12-5-3-6-13(10-12)20-15(21)8-9-16(20)22/h2-7,10H,8-9H2,1H3,(H,18,19,23). The van der Waals surface area contributed by atoms with Crippen LogP contribution in [0.4, 0.5) is 11.5 Å². The molecule has 0 aliphatic carbocycles. The van der Waals surface area contributed by atoms with E-state index in [1.54, 1.807) is 30.3 Å². The first-order chi connectivity index (χ1) is 11.0. The number of amides is 3. The number of hydrogen-bond donors (Lipinski definition) is 1. The minimum atomic E-state index is -0.343. The van der Waals surface area contributed by atoms with Gasteiger partial charge in [-0.15, -0.1) is 0 Å². The molecule has 1 fully saturated rings. The second-order valence-corrected chi connectivity index (χ2v) is 5.29. The van der Waals surface area contributed by atoms with Gasteiger partial charge in [-0.05, 0) is 37.3 Å². The highest BCUT2D eigenvalue weighted by Crippen LogP contribution is 2.23. The van der Waals surface area contributed by atoms with E-state index in [1.165, 1.54) is 6.07 Å². The summed E-state index contributed by atoms with van der Waals surface area (Å²) in [6.45, 7) is 1.83. The molecule has 2 heterocycles. The zero-order chi connectivity index (χ0) is 16.4. The predicted molar refractivity (Wildman–Crippen MR) is 85.1 cm³/mol. The SMILES string of the molecule is Cc1cccc(NC(=O)c2cccc(N3C(=O)CCC3=O)c2)n1. The van der Waals surface area contributed by atoms with Crippen LogP contribution in [0.25, 0.3) is 0 Å². The minimum absolute atomic E-state index is 0.211. The molecular weight excluding hydrogens is 294 g/mol. The highest BCUT2D eigenvalue weighted by Gasteiger charge is 2.30. The first-order valence-corrected chi connectivity index (χ1v) is 7.25. The van der Waals surface area contributed by atoms with Gasteiger partial charge in [0.1, 0.15) is 5.82 Å². The van der Waals surface area contributed by atoms with Crippen molar-refractivity contribution in [1.29, 1.82) is 0 Å². The fourth-order valence-corrected chi connectivity index (χ4v) is 2.45. The molecule has 1 saturated heterocycles. The molecule has 0 saturated carbocycles. The smallest absolute Gasteiger partial charge is 0.256 e. The first-order valence-electron chi connectivity index (χ1n) is 7.25. The Labute approximate surface area is 133 Å². The van der Waals surface area contributed by atoms with Crippen LogP contribution < -0.4 is 10.2 Å². The molecule has 0 radical (unpaired) electrons. The number of pyridine rings is 1. The van der Waals surface area contributed by atoms with Crippen molar-refractivity contribution in [3.05, 3.63) is 53.7 Å². The minimum Gasteiger partial charge on any atom is -0.307 e. The lowest BCUT2D eigenvalue weighted by atomic mass is 10.1. The predicted octanol–water partition coefficient (Wildman–Crippen LogP) is 2.30. The largest absolute Gasteiger partial charge is 0.307 e. The lowest BCUT2D eigenvalue weighted by Gasteiger charge is -2.14. The molecule has 3 amide bonds. The third-order valence-electron chi connectivity index (χ3n) is 3.55. The van der Waals surface area contributed by atoms with Crippen LogP contribution in [-0.2, 0) is 9.59 Å². The molecule has 1 N–H and O–H groups in total. The van der Waals surface area contributed by atoms with E-state index in [1.807, 2.05) is 13.0 Å². The second-order valence-electron chi connectivity index (χ2n) is 5.29. The average Bonchev–Trinajstić information content (AvgIpc) is 2.86. The molecule has 116 valence electrons. The summed E-state index contributed by atoms with van der Waals surface area (Å²) in [6.07, 6.45) is 0.422. The van der Waals surface area contributed by atoms with Crippen LogP contribution in [0, 0.1) is 6.92 Å². The molecule has 6 heteroatoms. The fraction of sp³-hybridized carbons (Fsp3) is 0.176. The normalized spacial score (nSPS) is 14.2. The Morgan fingerprint density at radius 2 is 1.78 bits per heavy atom. The summed E-state index contributed by atoms with van der Waals surface area (Å²) in [5, 5.41) is 2.70. The van der Waals surface area contributed by atoms with Crippen LogP contribution in [0.5, 0.6) is 0 Å². The Hall–Kier alpha value is -3.02. The third kappa shape index (κ3) is 3.11. The molecule has 6 nitrogen and oxygen atoms in total. The van der Waals surface area contributed by atoms with Gasteiger partial charge in [-0.25, -0.2) is 4.98 Å². The maximum absolute atomic E-state index is 12.3. The summed E-state index contributed by atoms with van der Waals surface area (Å²) in [5.41, 5.74) is 1.57. The maximum atomic E-state index is 12.3. The zero-order valence-electron chi connectivity index (χ0n) is 12.6. The molecule has 1 aromatic carbocycles. The van der Waals surface area contributed by atoms with Gasteiger partial charge in [0.25, 0.3) is 5.91 Å². The second kappa shape index (κ2) is 6.00. The molecule has 0 atom stereocenters. The van der Waals surface area contributed by atoms with Crippen LogP contribution in [0.2, 0.25) is 0 Å². The van der Waals surface area contributed by atoms with Crippen molar-refractivity contribution < 1.29 is 14.4 Å². The van der Waals surface area contributed by atoms with Gasteiger partial charge < -0.3 is 5.32 Å². The van der Waals surface area contributed by atoms with E-state index in [4.69, 9.17) is 0 Å². The molecule has 0 unspecified atom stereocenters. The summed E-state index contributed by atoms with van der Waals surface area (Å²) in [5.74, 6) is -0.376. The van der Waals surface area contributed by atoms with Gasteiger partial charge in [0.05, 0.1) is 5.69 Å². The van der Waals surface area contributed by atoms with E-state index in [2.05, 4.69) is 10.3 Å². The number of nitrogens with one attached hydrogen (secondary N) is 1. The first kappa shape index (κ1) is 14.9. The third-order valence-corrected chi connectivity index (χ3v) is 3.55. The van der Waals surface area contributed by atoms with Gasteiger partial charge in [-0.1, -0.05) is 12.1 Å². The van der Waals surface area contributed by atoms with Gasteiger partial charge in [-0.3, -0.25) is 19.3 Å². The van der Waals surface area contributed by atoms with Crippen molar-refractivity contribution in [3.63, 3.8) is 0 Å². The van der Waals surface area contributed by atoms with Crippen LogP contribution in [-0.4, -0.2) is 22.7 Å². The highest BCUT2D eigenvalue weighted by molar-refractivity contribution is 6.20. The van der Waals surface area contributed by atoms with Crippen molar-refractivity contribution in [2.45, 2.75) is 19.8 Å². The number of anilines is 2. The number of benzene rings is 1. The van der Waals surface area contributed by atoms with E-state index in [-0.39, 0.29) is 30.6 Å². The van der Waals surface area contributed by atoms with Crippen LogP contribution >= 0.6 is 0 Å². The summed E-state index contributed by atoms with van der Waals surface area (Å²) < 4.78 is 0.